The quantitative estimate of drug-likeness (QED) is 0.541. The van der Waals surface area contributed by atoms with Gasteiger partial charge in [0.25, 0.3) is 0 Å². The predicted molar refractivity (Wildman–Crippen MR) is 127 cm³/mol. The van der Waals surface area contributed by atoms with Crippen LogP contribution in [0.15, 0.2) is 48.7 Å². The molecule has 0 saturated carbocycles. The molecule has 0 radical (unpaired) electrons. The van der Waals surface area contributed by atoms with Crippen molar-refractivity contribution in [2.24, 2.45) is 5.41 Å². The van der Waals surface area contributed by atoms with E-state index in [1.54, 1.807) is 4.90 Å². The molecule has 2 aromatic rings. The average Bonchev–Trinajstić information content (AvgIpc) is 3.11. The van der Waals surface area contributed by atoms with E-state index < -0.39 is 0 Å². The van der Waals surface area contributed by atoms with Crippen molar-refractivity contribution in [3.63, 3.8) is 0 Å². The number of carbonyl (C=O) groups excluding carboxylic acids is 2. The number of amides is 2. The molecule has 31 heavy (non-hydrogen) atoms. The Morgan fingerprint density at radius 2 is 1.68 bits per heavy atom. The van der Waals surface area contributed by atoms with Gasteiger partial charge in [-0.3, -0.25) is 9.59 Å². The van der Waals surface area contributed by atoms with Crippen LogP contribution in [0.1, 0.15) is 65.6 Å². The van der Waals surface area contributed by atoms with E-state index in [1.807, 2.05) is 49.9 Å². The van der Waals surface area contributed by atoms with Crippen LogP contribution in [0.3, 0.4) is 0 Å². The highest BCUT2D eigenvalue weighted by Gasteiger charge is 2.26. The second-order valence-corrected chi connectivity index (χ2v) is 9.78. The first-order valence-electron chi connectivity index (χ1n) is 11.4. The van der Waals surface area contributed by atoms with Crippen molar-refractivity contribution in [1.82, 2.24) is 14.4 Å². The number of carbonyl (C=O) groups is 2. The van der Waals surface area contributed by atoms with Crippen LogP contribution in [0.2, 0.25) is 0 Å². The maximum Gasteiger partial charge on any atom is 0.242 e. The summed E-state index contributed by atoms with van der Waals surface area (Å²) in [5.41, 5.74) is 2.22. The molecule has 2 amide bonds. The Balaban J connectivity index is 2.12. The molecule has 5 heteroatoms. The summed E-state index contributed by atoms with van der Waals surface area (Å²) in [6.07, 6.45) is 3.34. The monoisotopic (exact) mass is 425 g/mol. The second kappa shape index (κ2) is 11.2. The summed E-state index contributed by atoms with van der Waals surface area (Å²) >= 11 is 0. The van der Waals surface area contributed by atoms with E-state index in [9.17, 15) is 9.59 Å². The van der Waals surface area contributed by atoms with Gasteiger partial charge in [0.1, 0.15) is 0 Å². The first-order valence-corrected chi connectivity index (χ1v) is 11.4. The van der Waals surface area contributed by atoms with Crippen LogP contribution in [0, 0.1) is 5.41 Å². The van der Waals surface area contributed by atoms with E-state index in [-0.39, 0.29) is 29.8 Å². The third-order valence-corrected chi connectivity index (χ3v) is 5.25. The molecule has 0 unspecified atom stereocenters. The molecule has 170 valence electrons. The molecule has 0 spiro atoms. The maximum absolute atomic E-state index is 13.3. The fraction of sp³-hybridized carbons (Fsp3) is 0.538. The maximum atomic E-state index is 13.3. The summed E-state index contributed by atoms with van der Waals surface area (Å²) in [5, 5.41) is 0. The van der Waals surface area contributed by atoms with Gasteiger partial charge in [0.2, 0.25) is 11.8 Å². The second-order valence-electron chi connectivity index (χ2n) is 9.78. The van der Waals surface area contributed by atoms with Crippen molar-refractivity contribution in [3.8, 4) is 0 Å². The topological polar surface area (TPSA) is 45.6 Å². The Labute approximate surface area is 188 Å². The lowest BCUT2D eigenvalue weighted by atomic mass is 9.91. The number of hydrogen-bond acceptors (Lipinski definition) is 2. The van der Waals surface area contributed by atoms with Crippen molar-refractivity contribution >= 4 is 11.8 Å². The van der Waals surface area contributed by atoms with Crippen molar-refractivity contribution in [3.05, 3.63) is 59.9 Å². The van der Waals surface area contributed by atoms with E-state index in [4.69, 9.17) is 0 Å². The van der Waals surface area contributed by atoms with E-state index in [2.05, 4.69) is 49.7 Å². The summed E-state index contributed by atoms with van der Waals surface area (Å²) in [5.74, 6) is 0.0528. The van der Waals surface area contributed by atoms with Crippen LogP contribution in [0.5, 0.6) is 0 Å². The number of benzene rings is 1. The van der Waals surface area contributed by atoms with Crippen LogP contribution < -0.4 is 0 Å². The van der Waals surface area contributed by atoms with Gasteiger partial charge in [0.05, 0.1) is 13.1 Å². The highest BCUT2D eigenvalue weighted by atomic mass is 16.2. The Morgan fingerprint density at radius 1 is 1.00 bits per heavy atom. The van der Waals surface area contributed by atoms with Crippen LogP contribution in [0.25, 0.3) is 0 Å². The van der Waals surface area contributed by atoms with Crippen LogP contribution in [-0.4, -0.2) is 45.3 Å². The molecule has 0 aliphatic heterocycles. The van der Waals surface area contributed by atoms with E-state index in [1.165, 1.54) is 5.56 Å². The van der Waals surface area contributed by atoms with Crippen molar-refractivity contribution in [1.29, 1.82) is 0 Å². The largest absolute Gasteiger partial charge is 0.345 e. The Kier molecular flexibility index (Phi) is 8.90. The van der Waals surface area contributed by atoms with Gasteiger partial charge in [-0.25, -0.2) is 0 Å². The Hall–Kier alpha value is -2.56. The molecule has 1 aromatic carbocycles. The molecule has 0 fully saturated rings. The average molecular weight is 426 g/mol. The van der Waals surface area contributed by atoms with Gasteiger partial charge >= 0.3 is 0 Å². The van der Waals surface area contributed by atoms with Gasteiger partial charge in [0, 0.05) is 37.4 Å². The number of nitrogens with zero attached hydrogens (tertiary/aromatic N) is 3. The van der Waals surface area contributed by atoms with Crippen molar-refractivity contribution in [2.45, 2.75) is 73.5 Å². The summed E-state index contributed by atoms with van der Waals surface area (Å²) in [7, 11) is 0. The lowest BCUT2D eigenvalue weighted by Crippen LogP contribution is -2.46. The molecule has 2 rings (SSSR count). The normalized spacial score (nSPS) is 11.6. The molecule has 0 aliphatic carbocycles. The zero-order valence-corrected chi connectivity index (χ0v) is 20.1. The zero-order chi connectivity index (χ0) is 23.0. The van der Waals surface area contributed by atoms with Crippen molar-refractivity contribution in [2.75, 3.05) is 13.1 Å². The lowest BCUT2D eigenvalue weighted by molar-refractivity contribution is -0.143. The minimum Gasteiger partial charge on any atom is -0.345 e. The molecule has 1 aromatic heterocycles. The summed E-state index contributed by atoms with van der Waals surface area (Å²) in [4.78, 5) is 29.7. The van der Waals surface area contributed by atoms with Gasteiger partial charge in [0.15, 0.2) is 0 Å². The van der Waals surface area contributed by atoms with E-state index in [0.29, 0.717) is 19.5 Å². The van der Waals surface area contributed by atoms with Crippen LogP contribution in [0.4, 0.5) is 0 Å². The molecule has 0 atom stereocenters. The fourth-order valence-corrected chi connectivity index (χ4v) is 3.64. The number of aromatic nitrogens is 1. The van der Waals surface area contributed by atoms with Gasteiger partial charge in [-0.2, -0.15) is 0 Å². The number of rotatable bonds is 10. The summed E-state index contributed by atoms with van der Waals surface area (Å²) in [6.45, 7) is 14.3. The molecule has 0 bridgehead atoms. The smallest absolute Gasteiger partial charge is 0.242 e. The summed E-state index contributed by atoms with van der Waals surface area (Å²) < 4.78 is 2.19. The number of hydrogen-bond donors (Lipinski definition) is 0. The van der Waals surface area contributed by atoms with Gasteiger partial charge in [-0.1, -0.05) is 58.0 Å². The molecule has 5 nitrogen and oxygen atoms in total. The van der Waals surface area contributed by atoms with E-state index in [0.717, 1.165) is 18.7 Å². The van der Waals surface area contributed by atoms with Crippen LogP contribution >= 0.6 is 0 Å². The standard InChI is InChI=1S/C26H39N3O2/c1-7-15-28(24(30)17-26(4,5)6)20-25(31)29(21(2)3)19-23-14-11-16-27(23)18-22-12-9-8-10-13-22/h8-14,16,21H,7,15,17-20H2,1-6H3. The molecule has 0 aliphatic rings. The van der Waals surface area contributed by atoms with Gasteiger partial charge in [-0.05, 0) is 43.4 Å². The first-order chi connectivity index (χ1) is 14.6. The molecule has 0 N–H and O–H groups in total. The lowest BCUT2D eigenvalue weighted by Gasteiger charge is -2.31. The Bertz CT molecular complexity index is 834. The Morgan fingerprint density at radius 3 is 2.26 bits per heavy atom. The minimum atomic E-state index is -0.0951. The molecule has 0 saturated heterocycles. The van der Waals surface area contributed by atoms with Gasteiger partial charge in [-0.15, -0.1) is 0 Å². The zero-order valence-electron chi connectivity index (χ0n) is 20.1. The first kappa shape index (κ1) is 24.7. The highest BCUT2D eigenvalue weighted by molar-refractivity contribution is 5.85. The third kappa shape index (κ3) is 7.89. The summed E-state index contributed by atoms with van der Waals surface area (Å²) in [6, 6.07) is 14.5. The molecular weight excluding hydrogens is 386 g/mol. The van der Waals surface area contributed by atoms with E-state index >= 15 is 0 Å². The SMILES string of the molecule is CCCN(CC(=O)N(Cc1cccn1Cc1ccccc1)C(C)C)C(=O)CC(C)(C)C. The third-order valence-electron chi connectivity index (χ3n) is 5.25. The fourth-order valence-electron chi connectivity index (χ4n) is 3.64. The van der Waals surface area contributed by atoms with Crippen LogP contribution in [-0.2, 0) is 22.7 Å². The predicted octanol–water partition coefficient (Wildman–Crippen LogP) is 4.95. The van der Waals surface area contributed by atoms with Crippen molar-refractivity contribution < 1.29 is 9.59 Å². The molecule has 1 heterocycles. The minimum absolute atomic E-state index is 0.00169. The molecular formula is C26H39N3O2. The van der Waals surface area contributed by atoms with Gasteiger partial charge < -0.3 is 14.4 Å². The highest BCUT2D eigenvalue weighted by Crippen LogP contribution is 2.20.